The molecule has 0 saturated heterocycles. The molecular formula is C34H29N3O6. The van der Waals surface area contributed by atoms with Crippen molar-refractivity contribution in [2.75, 3.05) is 4.90 Å². The number of nitriles is 1. The van der Waals surface area contributed by atoms with E-state index in [4.69, 9.17) is 4.74 Å². The van der Waals surface area contributed by atoms with Gasteiger partial charge in [0.05, 0.1) is 34.6 Å². The van der Waals surface area contributed by atoms with E-state index in [2.05, 4.69) is 11.4 Å². The summed E-state index contributed by atoms with van der Waals surface area (Å²) in [7, 11) is 0. The Hall–Kier alpha value is -5.30. The van der Waals surface area contributed by atoms with Crippen molar-refractivity contribution in [2.45, 2.75) is 39.1 Å². The van der Waals surface area contributed by atoms with Crippen LogP contribution in [0.3, 0.4) is 0 Å². The lowest BCUT2D eigenvalue weighted by atomic mass is 9.99. The van der Waals surface area contributed by atoms with Crippen LogP contribution in [0.4, 0.5) is 5.69 Å². The first kappa shape index (κ1) is 29.2. The van der Waals surface area contributed by atoms with Crippen LogP contribution in [0, 0.1) is 18.3 Å². The number of aliphatic hydroxyl groups excluding tert-OH is 1. The molecule has 4 aromatic carbocycles. The zero-order valence-electron chi connectivity index (χ0n) is 23.6. The highest BCUT2D eigenvalue weighted by molar-refractivity contribution is 6.35. The summed E-state index contributed by atoms with van der Waals surface area (Å²) in [6.45, 7) is 3.22. The van der Waals surface area contributed by atoms with Crippen LogP contribution in [-0.2, 0) is 17.9 Å². The summed E-state index contributed by atoms with van der Waals surface area (Å²) in [6.07, 6.45) is -1.19. The molecule has 1 heterocycles. The van der Waals surface area contributed by atoms with E-state index in [0.717, 1.165) is 21.6 Å². The number of carbonyl (C=O) groups excluding carboxylic acids is 2. The van der Waals surface area contributed by atoms with Gasteiger partial charge >= 0.3 is 5.97 Å². The van der Waals surface area contributed by atoms with Gasteiger partial charge in [0.25, 0.3) is 11.8 Å². The molecule has 0 aromatic heterocycles. The molecular weight excluding hydrogens is 546 g/mol. The van der Waals surface area contributed by atoms with E-state index < -0.39 is 29.9 Å². The second kappa shape index (κ2) is 12.3. The highest BCUT2D eigenvalue weighted by Crippen LogP contribution is 2.37. The number of aliphatic carboxylic acids is 1. The van der Waals surface area contributed by atoms with Gasteiger partial charge in [-0.25, -0.2) is 4.90 Å². The monoisotopic (exact) mass is 575 g/mol. The molecule has 216 valence electrons. The minimum atomic E-state index is -1.27. The largest absolute Gasteiger partial charge is 0.489 e. The number of carboxylic acids is 1. The number of carboxylic acid groups (broad SMARTS) is 1. The van der Waals surface area contributed by atoms with Crippen molar-refractivity contribution in [3.8, 4) is 22.9 Å². The summed E-state index contributed by atoms with van der Waals surface area (Å²) in [5.41, 5.74) is 4.99. The van der Waals surface area contributed by atoms with Gasteiger partial charge in [0.15, 0.2) is 0 Å². The molecule has 4 aromatic rings. The number of aliphatic hydroxyl groups is 1. The minimum Gasteiger partial charge on any atom is -0.489 e. The molecule has 1 aliphatic heterocycles. The number of nitrogens with zero attached hydrogens (tertiary/aromatic N) is 2. The molecule has 1 unspecified atom stereocenters. The number of amides is 2. The quantitative estimate of drug-likeness (QED) is 0.228. The van der Waals surface area contributed by atoms with Gasteiger partial charge in [0.1, 0.15) is 18.4 Å². The Labute approximate surface area is 248 Å². The van der Waals surface area contributed by atoms with Gasteiger partial charge in [-0.05, 0) is 66.4 Å². The fourth-order valence-electron chi connectivity index (χ4n) is 5.17. The van der Waals surface area contributed by atoms with Gasteiger partial charge in [-0.2, -0.15) is 5.26 Å². The number of benzene rings is 4. The van der Waals surface area contributed by atoms with Crippen LogP contribution >= 0.6 is 0 Å². The number of hydrogen-bond donors (Lipinski definition) is 3. The molecule has 0 saturated carbocycles. The van der Waals surface area contributed by atoms with E-state index in [0.29, 0.717) is 22.4 Å². The molecule has 0 spiro atoms. The Morgan fingerprint density at radius 1 is 0.953 bits per heavy atom. The van der Waals surface area contributed by atoms with Crippen molar-refractivity contribution in [1.82, 2.24) is 5.32 Å². The van der Waals surface area contributed by atoms with Gasteiger partial charge in [-0.3, -0.25) is 19.7 Å². The summed E-state index contributed by atoms with van der Waals surface area (Å²) < 4.78 is 6.09. The van der Waals surface area contributed by atoms with Crippen LogP contribution in [0.5, 0.6) is 5.75 Å². The SMILES string of the molecule is Cc1c(-c2ccccc2)cccc1N1C(=O)c2cc(CN[C@H](C(=O)O)C(C)O)c(OCc3cccc(C#N)c3)cc2C1=O. The van der Waals surface area contributed by atoms with Gasteiger partial charge in [-0.15, -0.1) is 0 Å². The summed E-state index contributed by atoms with van der Waals surface area (Å²) in [5, 5.41) is 31.5. The number of rotatable bonds is 10. The first-order chi connectivity index (χ1) is 20.7. The van der Waals surface area contributed by atoms with Crippen LogP contribution in [0.25, 0.3) is 11.1 Å². The number of fused-ring (bicyclic) bond motifs is 1. The molecule has 9 heteroatoms. The molecule has 43 heavy (non-hydrogen) atoms. The van der Waals surface area contributed by atoms with Crippen molar-refractivity contribution in [2.24, 2.45) is 0 Å². The van der Waals surface area contributed by atoms with Gasteiger partial charge in [-0.1, -0.05) is 54.6 Å². The smallest absolute Gasteiger partial charge is 0.323 e. The second-order valence-electron chi connectivity index (χ2n) is 10.3. The Bertz CT molecular complexity index is 1760. The number of anilines is 1. The molecule has 1 aliphatic rings. The first-order valence-corrected chi connectivity index (χ1v) is 13.7. The van der Waals surface area contributed by atoms with Crippen LogP contribution in [0.15, 0.2) is 84.9 Å². The molecule has 0 radical (unpaired) electrons. The van der Waals surface area contributed by atoms with E-state index in [1.807, 2.05) is 43.3 Å². The maximum absolute atomic E-state index is 13.8. The topological polar surface area (TPSA) is 140 Å². The number of imide groups is 1. The van der Waals surface area contributed by atoms with Crippen LogP contribution < -0.4 is 15.0 Å². The zero-order valence-corrected chi connectivity index (χ0v) is 23.6. The highest BCUT2D eigenvalue weighted by Gasteiger charge is 2.39. The fraction of sp³-hybridized carbons (Fsp3) is 0.176. The Kier molecular flexibility index (Phi) is 8.34. The normalized spacial score (nSPS) is 13.8. The second-order valence-corrected chi connectivity index (χ2v) is 10.3. The van der Waals surface area contributed by atoms with Gasteiger partial charge in [0.2, 0.25) is 0 Å². The van der Waals surface area contributed by atoms with E-state index in [9.17, 15) is 29.9 Å². The van der Waals surface area contributed by atoms with Crippen molar-refractivity contribution in [1.29, 1.82) is 5.26 Å². The fourth-order valence-corrected chi connectivity index (χ4v) is 5.17. The lowest BCUT2D eigenvalue weighted by molar-refractivity contribution is -0.142. The van der Waals surface area contributed by atoms with Crippen LogP contribution in [-0.4, -0.2) is 40.1 Å². The maximum Gasteiger partial charge on any atom is 0.323 e. The molecule has 2 atom stereocenters. The Balaban J connectivity index is 1.52. The third-order valence-electron chi connectivity index (χ3n) is 7.41. The summed E-state index contributed by atoms with van der Waals surface area (Å²) in [4.78, 5) is 40.3. The molecule has 3 N–H and O–H groups in total. The van der Waals surface area contributed by atoms with Gasteiger partial charge < -0.3 is 14.9 Å². The average Bonchev–Trinajstić information content (AvgIpc) is 3.24. The highest BCUT2D eigenvalue weighted by atomic mass is 16.5. The number of hydrogen-bond acceptors (Lipinski definition) is 7. The summed E-state index contributed by atoms with van der Waals surface area (Å²) >= 11 is 0. The zero-order chi connectivity index (χ0) is 30.7. The predicted octanol–water partition coefficient (Wildman–Crippen LogP) is 4.84. The molecule has 0 aliphatic carbocycles. The third kappa shape index (κ3) is 5.88. The predicted molar refractivity (Wildman–Crippen MR) is 160 cm³/mol. The molecule has 9 nitrogen and oxygen atoms in total. The third-order valence-corrected chi connectivity index (χ3v) is 7.41. The molecule has 2 amide bonds. The molecule has 5 rings (SSSR count). The van der Waals surface area contributed by atoms with Crippen LogP contribution in [0.1, 0.15) is 49.9 Å². The van der Waals surface area contributed by atoms with Crippen molar-refractivity contribution < 1.29 is 29.3 Å². The number of ether oxygens (including phenoxy) is 1. The average molecular weight is 576 g/mol. The van der Waals surface area contributed by atoms with E-state index in [-0.39, 0.29) is 30.0 Å². The van der Waals surface area contributed by atoms with E-state index in [1.54, 1.807) is 36.4 Å². The summed E-state index contributed by atoms with van der Waals surface area (Å²) in [6, 6.07) is 25.8. The van der Waals surface area contributed by atoms with E-state index in [1.165, 1.54) is 19.1 Å². The van der Waals surface area contributed by atoms with Crippen molar-refractivity contribution in [3.63, 3.8) is 0 Å². The Morgan fingerprint density at radius 2 is 1.65 bits per heavy atom. The lowest BCUT2D eigenvalue weighted by Gasteiger charge is -2.19. The van der Waals surface area contributed by atoms with Crippen molar-refractivity contribution >= 4 is 23.5 Å². The van der Waals surface area contributed by atoms with E-state index >= 15 is 0 Å². The number of nitrogens with one attached hydrogen (secondary N) is 1. The molecule has 0 bridgehead atoms. The maximum atomic E-state index is 13.8. The van der Waals surface area contributed by atoms with Crippen molar-refractivity contribution in [3.05, 3.63) is 118 Å². The van der Waals surface area contributed by atoms with Gasteiger partial charge in [0, 0.05) is 12.1 Å². The lowest BCUT2D eigenvalue weighted by Crippen LogP contribution is -2.44. The molecule has 0 fully saturated rings. The number of carbonyl (C=O) groups is 3. The minimum absolute atomic E-state index is 0.0597. The Morgan fingerprint density at radius 3 is 2.33 bits per heavy atom. The standard InChI is InChI=1S/C34H29N3O6/c1-20-26(24-10-4-3-5-11-24)12-7-13-29(20)37-32(39)27-15-25(18-36-31(21(2)38)34(41)42)30(16-28(27)33(37)40)43-19-23-9-6-8-22(14-23)17-35/h3-16,21,31,36,38H,18-19H2,1-2H3,(H,41,42)/t21?,31-/m0/s1. The first-order valence-electron chi connectivity index (χ1n) is 13.7. The summed E-state index contributed by atoms with van der Waals surface area (Å²) in [5.74, 6) is -1.98. The van der Waals surface area contributed by atoms with Crippen LogP contribution in [0.2, 0.25) is 0 Å².